The Morgan fingerprint density at radius 2 is 1.74 bits per heavy atom. The summed E-state index contributed by atoms with van der Waals surface area (Å²) in [6, 6.07) is 12.5. The van der Waals surface area contributed by atoms with Crippen molar-refractivity contribution in [3.63, 3.8) is 0 Å². The molecule has 7 heteroatoms. The van der Waals surface area contributed by atoms with Crippen LogP contribution in [0.15, 0.2) is 54.7 Å². The van der Waals surface area contributed by atoms with E-state index in [0.717, 1.165) is 0 Å². The SMILES string of the molecule is CNC(=O)NC(=O)[C@@H](OC(=O)c1ccccn1)c1ccccc1. The molecule has 1 aromatic carbocycles. The van der Waals surface area contributed by atoms with Gasteiger partial charge in [0, 0.05) is 18.8 Å². The number of hydrogen-bond donors (Lipinski definition) is 2. The van der Waals surface area contributed by atoms with Gasteiger partial charge in [0.2, 0.25) is 6.10 Å². The van der Waals surface area contributed by atoms with Gasteiger partial charge in [-0.25, -0.2) is 14.6 Å². The number of nitrogens with one attached hydrogen (secondary N) is 2. The van der Waals surface area contributed by atoms with Crippen LogP contribution in [0.2, 0.25) is 0 Å². The number of imide groups is 1. The fourth-order valence-electron chi connectivity index (χ4n) is 1.79. The molecule has 3 amide bonds. The Balaban J connectivity index is 2.22. The number of rotatable bonds is 4. The molecule has 0 saturated heterocycles. The maximum atomic E-state index is 12.2. The van der Waals surface area contributed by atoms with Crippen LogP contribution in [0, 0.1) is 0 Å². The van der Waals surface area contributed by atoms with E-state index in [-0.39, 0.29) is 5.69 Å². The molecule has 0 fully saturated rings. The zero-order chi connectivity index (χ0) is 16.7. The zero-order valence-corrected chi connectivity index (χ0v) is 12.4. The van der Waals surface area contributed by atoms with Gasteiger partial charge in [-0.2, -0.15) is 0 Å². The number of pyridine rings is 1. The van der Waals surface area contributed by atoms with E-state index < -0.39 is 24.0 Å². The van der Waals surface area contributed by atoms with Gasteiger partial charge >= 0.3 is 12.0 Å². The summed E-state index contributed by atoms with van der Waals surface area (Å²) in [5.74, 6) is -1.51. The predicted molar refractivity (Wildman–Crippen MR) is 81.4 cm³/mol. The third-order valence-electron chi connectivity index (χ3n) is 2.90. The molecule has 1 aromatic heterocycles. The summed E-state index contributed by atoms with van der Waals surface area (Å²) in [7, 11) is 1.38. The summed E-state index contributed by atoms with van der Waals surface area (Å²) in [4.78, 5) is 39.5. The van der Waals surface area contributed by atoms with Crippen molar-refractivity contribution in [3.8, 4) is 0 Å². The summed E-state index contributed by atoms with van der Waals surface area (Å²) >= 11 is 0. The van der Waals surface area contributed by atoms with Crippen molar-refractivity contribution in [2.24, 2.45) is 0 Å². The number of urea groups is 1. The lowest BCUT2D eigenvalue weighted by Gasteiger charge is -2.17. The molecule has 1 atom stereocenters. The molecule has 0 saturated carbocycles. The Labute approximate surface area is 132 Å². The number of hydrogen-bond acceptors (Lipinski definition) is 5. The molecule has 2 aromatic rings. The fraction of sp³-hybridized carbons (Fsp3) is 0.125. The van der Waals surface area contributed by atoms with Gasteiger partial charge in [0.05, 0.1) is 0 Å². The van der Waals surface area contributed by atoms with Crippen molar-refractivity contribution in [3.05, 3.63) is 66.0 Å². The Kier molecular flexibility index (Phi) is 5.40. The Morgan fingerprint density at radius 1 is 1.04 bits per heavy atom. The van der Waals surface area contributed by atoms with Crippen LogP contribution in [0.3, 0.4) is 0 Å². The highest BCUT2D eigenvalue weighted by molar-refractivity contribution is 5.98. The zero-order valence-electron chi connectivity index (χ0n) is 12.4. The van der Waals surface area contributed by atoms with Crippen LogP contribution in [0.5, 0.6) is 0 Å². The lowest BCUT2D eigenvalue weighted by molar-refractivity contribution is -0.129. The van der Waals surface area contributed by atoms with Crippen molar-refractivity contribution < 1.29 is 19.1 Å². The molecule has 0 aliphatic heterocycles. The third kappa shape index (κ3) is 4.37. The molecular weight excluding hydrogens is 298 g/mol. The molecule has 1 heterocycles. The van der Waals surface area contributed by atoms with Gasteiger partial charge in [-0.1, -0.05) is 36.4 Å². The van der Waals surface area contributed by atoms with Crippen LogP contribution in [0.25, 0.3) is 0 Å². The van der Waals surface area contributed by atoms with Crippen LogP contribution < -0.4 is 10.6 Å². The van der Waals surface area contributed by atoms with Crippen LogP contribution >= 0.6 is 0 Å². The Bertz CT molecular complexity index is 689. The van der Waals surface area contributed by atoms with E-state index in [1.54, 1.807) is 42.5 Å². The van der Waals surface area contributed by atoms with Gasteiger partial charge < -0.3 is 10.1 Å². The van der Waals surface area contributed by atoms with E-state index in [2.05, 4.69) is 15.6 Å². The maximum Gasteiger partial charge on any atom is 0.358 e. The second-order valence-corrected chi connectivity index (χ2v) is 4.48. The molecule has 0 unspecified atom stereocenters. The number of nitrogens with zero attached hydrogens (tertiary/aromatic N) is 1. The molecule has 0 aliphatic carbocycles. The Hall–Kier alpha value is -3.22. The van der Waals surface area contributed by atoms with Crippen LogP contribution in [-0.2, 0) is 9.53 Å². The topological polar surface area (TPSA) is 97.4 Å². The summed E-state index contributed by atoms with van der Waals surface area (Å²) < 4.78 is 5.24. The number of carbonyl (C=O) groups excluding carboxylic acids is 3. The molecule has 0 aliphatic rings. The molecule has 2 N–H and O–H groups in total. The van der Waals surface area contributed by atoms with E-state index in [9.17, 15) is 14.4 Å². The van der Waals surface area contributed by atoms with Gasteiger partial charge in [-0.05, 0) is 12.1 Å². The highest BCUT2D eigenvalue weighted by Gasteiger charge is 2.27. The normalized spacial score (nSPS) is 11.2. The number of esters is 1. The highest BCUT2D eigenvalue weighted by atomic mass is 16.5. The summed E-state index contributed by atoms with van der Waals surface area (Å²) in [6.45, 7) is 0. The highest BCUT2D eigenvalue weighted by Crippen LogP contribution is 2.19. The first-order chi connectivity index (χ1) is 11.1. The van der Waals surface area contributed by atoms with E-state index in [0.29, 0.717) is 5.56 Å². The molecule has 0 spiro atoms. The van der Waals surface area contributed by atoms with Crippen molar-refractivity contribution >= 4 is 17.9 Å². The van der Waals surface area contributed by atoms with E-state index in [1.807, 2.05) is 0 Å². The minimum absolute atomic E-state index is 0.0705. The van der Waals surface area contributed by atoms with E-state index in [1.165, 1.54) is 19.3 Å². The molecule has 0 radical (unpaired) electrons. The summed E-state index contributed by atoms with van der Waals surface area (Å²) in [6.07, 6.45) is 0.182. The largest absolute Gasteiger partial charge is 0.443 e. The van der Waals surface area contributed by atoms with Gasteiger partial charge in [0.1, 0.15) is 5.69 Å². The van der Waals surface area contributed by atoms with Crippen molar-refractivity contribution in [1.29, 1.82) is 0 Å². The average molecular weight is 313 g/mol. The lowest BCUT2D eigenvalue weighted by atomic mass is 10.1. The van der Waals surface area contributed by atoms with Crippen LogP contribution in [0.1, 0.15) is 22.2 Å². The van der Waals surface area contributed by atoms with Gasteiger partial charge in [-0.3, -0.25) is 10.1 Å². The van der Waals surface area contributed by atoms with Crippen molar-refractivity contribution in [2.45, 2.75) is 6.10 Å². The van der Waals surface area contributed by atoms with Gasteiger partial charge in [-0.15, -0.1) is 0 Å². The first kappa shape index (κ1) is 16.2. The van der Waals surface area contributed by atoms with Crippen molar-refractivity contribution in [1.82, 2.24) is 15.6 Å². The van der Waals surface area contributed by atoms with Crippen molar-refractivity contribution in [2.75, 3.05) is 7.05 Å². The molecule has 23 heavy (non-hydrogen) atoms. The standard InChI is InChI=1S/C16H15N3O4/c1-17-16(22)19-14(20)13(11-7-3-2-4-8-11)23-15(21)12-9-5-6-10-18-12/h2-10,13H,1H3,(H2,17,19,20,22)/t13-/m0/s1. The van der Waals surface area contributed by atoms with Gasteiger partial charge in [0.15, 0.2) is 0 Å². The van der Waals surface area contributed by atoms with E-state index >= 15 is 0 Å². The number of amides is 3. The molecule has 0 bridgehead atoms. The number of benzene rings is 1. The quantitative estimate of drug-likeness (QED) is 0.832. The average Bonchev–Trinajstić information content (AvgIpc) is 2.60. The Morgan fingerprint density at radius 3 is 2.35 bits per heavy atom. The fourth-order valence-corrected chi connectivity index (χ4v) is 1.79. The monoisotopic (exact) mass is 313 g/mol. The molecule has 2 rings (SSSR count). The van der Waals surface area contributed by atoms with E-state index in [4.69, 9.17) is 4.74 Å². The first-order valence-electron chi connectivity index (χ1n) is 6.81. The minimum atomic E-state index is -1.26. The van der Waals surface area contributed by atoms with Gasteiger partial charge in [0.25, 0.3) is 5.91 Å². The third-order valence-corrected chi connectivity index (χ3v) is 2.90. The summed E-state index contributed by atoms with van der Waals surface area (Å²) in [5.41, 5.74) is 0.513. The number of carbonyl (C=O) groups is 3. The number of ether oxygens (including phenoxy) is 1. The summed E-state index contributed by atoms with van der Waals surface area (Å²) in [5, 5.41) is 4.36. The smallest absolute Gasteiger partial charge is 0.358 e. The first-order valence-corrected chi connectivity index (χ1v) is 6.81. The van der Waals surface area contributed by atoms with Crippen LogP contribution in [0.4, 0.5) is 4.79 Å². The second kappa shape index (κ2) is 7.69. The number of aromatic nitrogens is 1. The lowest BCUT2D eigenvalue weighted by Crippen LogP contribution is -2.41. The second-order valence-electron chi connectivity index (χ2n) is 4.48. The minimum Gasteiger partial charge on any atom is -0.443 e. The molecule has 7 nitrogen and oxygen atoms in total. The molecular formula is C16H15N3O4. The van der Waals surface area contributed by atoms with Crippen LogP contribution in [-0.4, -0.2) is 29.9 Å². The predicted octanol–water partition coefficient (Wildman–Crippen LogP) is 1.44. The maximum absolute atomic E-state index is 12.2. The molecule has 118 valence electrons.